The van der Waals surface area contributed by atoms with Gasteiger partial charge in [-0.2, -0.15) is 10.1 Å². The minimum Gasteiger partial charge on any atom is -0.333 e. The van der Waals surface area contributed by atoms with Crippen molar-refractivity contribution in [3.05, 3.63) is 65.3 Å². The Morgan fingerprint density at radius 3 is 2.52 bits per heavy atom. The van der Waals surface area contributed by atoms with Crippen LogP contribution in [0.5, 0.6) is 0 Å². The lowest BCUT2D eigenvalue weighted by atomic mass is 10.1. The van der Waals surface area contributed by atoms with Crippen molar-refractivity contribution in [2.45, 2.75) is 0 Å². The first kappa shape index (κ1) is 13.9. The second kappa shape index (κ2) is 5.81. The second-order valence-electron chi connectivity index (χ2n) is 4.93. The van der Waals surface area contributed by atoms with Gasteiger partial charge in [0.15, 0.2) is 0 Å². The molecule has 0 spiro atoms. The van der Waals surface area contributed by atoms with E-state index in [9.17, 15) is 0 Å². The number of hydrogen-bond donors (Lipinski definition) is 1. The van der Waals surface area contributed by atoms with Gasteiger partial charge in [-0.25, -0.2) is 0 Å². The van der Waals surface area contributed by atoms with Crippen LogP contribution in [-0.2, 0) is 0 Å². The minimum atomic E-state index is 0.434. The summed E-state index contributed by atoms with van der Waals surface area (Å²) in [6.07, 6.45) is 1.69. The summed E-state index contributed by atoms with van der Waals surface area (Å²) in [6.45, 7) is 0. The van der Waals surface area contributed by atoms with Crippen LogP contribution in [0.1, 0.15) is 0 Å². The van der Waals surface area contributed by atoms with Crippen LogP contribution in [0.4, 0.5) is 0 Å². The van der Waals surface area contributed by atoms with Crippen molar-refractivity contribution in [1.82, 2.24) is 20.3 Å². The first-order chi connectivity index (χ1) is 11.3. The Kier molecular flexibility index (Phi) is 3.51. The third kappa shape index (κ3) is 2.57. The quantitative estimate of drug-likeness (QED) is 0.577. The average Bonchev–Trinajstić information content (AvgIpc) is 3.25. The van der Waals surface area contributed by atoms with Gasteiger partial charge in [-0.05, 0) is 12.1 Å². The molecule has 2 aromatic carbocycles. The van der Waals surface area contributed by atoms with E-state index in [0.717, 1.165) is 26.9 Å². The molecular formula is C17H11BrN4O. The van der Waals surface area contributed by atoms with E-state index < -0.39 is 0 Å². The van der Waals surface area contributed by atoms with Gasteiger partial charge in [0.25, 0.3) is 5.89 Å². The highest BCUT2D eigenvalue weighted by molar-refractivity contribution is 9.10. The Morgan fingerprint density at radius 2 is 1.70 bits per heavy atom. The van der Waals surface area contributed by atoms with Crippen molar-refractivity contribution in [3.63, 3.8) is 0 Å². The summed E-state index contributed by atoms with van der Waals surface area (Å²) >= 11 is 3.50. The van der Waals surface area contributed by atoms with Crippen molar-refractivity contribution in [3.8, 4) is 34.1 Å². The molecule has 5 nitrogen and oxygen atoms in total. The van der Waals surface area contributed by atoms with Gasteiger partial charge in [0.1, 0.15) is 0 Å². The van der Waals surface area contributed by atoms with Gasteiger partial charge in [0.05, 0.1) is 17.5 Å². The van der Waals surface area contributed by atoms with E-state index in [1.807, 2.05) is 54.6 Å². The molecule has 112 valence electrons. The number of hydrogen-bond acceptors (Lipinski definition) is 4. The monoisotopic (exact) mass is 366 g/mol. The summed E-state index contributed by atoms with van der Waals surface area (Å²) in [4.78, 5) is 4.50. The molecule has 23 heavy (non-hydrogen) atoms. The van der Waals surface area contributed by atoms with Crippen molar-refractivity contribution in [1.29, 1.82) is 0 Å². The maximum atomic E-state index is 5.44. The van der Waals surface area contributed by atoms with Gasteiger partial charge >= 0.3 is 0 Å². The Hall–Kier alpha value is -2.73. The number of benzene rings is 2. The fraction of sp³-hybridized carbons (Fsp3) is 0. The van der Waals surface area contributed by atoms with Gasteiger partial charge < -0.3 is 4.52 Å². The molecule has 0 aliphatic rings. The molecule has 0 atom stereocenters. The molecule has 0 amide bonds. The summed E-state index contributed by atoms with van der Waals surface area (Å²) < 4.78 is 6.36. The molecule has 6 heteroatoms. The van der Waals surface area contributed by atoms with Crippen LogP contribution < -0.4 is 0 Å². The molecule has 2 aromatic heterocycles. The first-order valence-electron chi connectivity index (χ1n) is 7.01. The SMILES string of the molecule is Brc1ccccc1-c1noc(-c2cn[nH]c2-c2ccccc2)n1. The normalized spacial score (nSPS) is 10.8. The third-order valence-electron chi connectivity index (χ3n) is 3.47. The van der Waals surface area contributed by atoms with Crippen LogP contribution in [0.15, 0.2) is 69.8 Å². The number of aromatic nitrogens is 4. The van der Waals surface area contributed by atoms with Crippen LogP contribution in [0, 0.1) is 0 Å². The van der Waals surface area contributed by atoms with Gasteiger partial charge in [-0.15, -0.1) is 0 Å². The third-order valence-corrected chi connectivity index (χ3v) is 4.16. The molecule has 0 saturated heterocycles. The molecule has 4 aromatic rings. The van der Waals surface area contributed by atoms with E-state index in [0.29, 0.717) is 11.7 Å². The highest BCUT2D eigenvalue weighted by atomic mass is 79.9. The fourth-order valence-corrected chi connectivity index (χ4v) is 2.82. The lowest BCUT2D eigenvalue weighted by Crippen LogP contribution is -1.84. The number of H-pyrrole nitrogens is 1. The second-order valence-corrected chi connectivity index (χ2v) is 5.78. The van der Waals surface area contributed by atoms with Crippen LogP contribution in [0.3, 0.4) is 0 Å². The minimum absolute atomic E-state index is 0.434. The number of nitrogens with zero attached hydrogens (tertiary/aromatic N) is 3. The smallest absolute Gasteiger partial charge is 0.262 e. The largest absolute Gasteiger partial charge is 0.333 e. The Balaban J connectivity index is 1.77. The van der Waals surface area contributed by atoms with E-state index in [1.54, 1.807) is 6.20 Å². The molecule has 0 aliphatic heterocycles. The summed E-state index contributed by atoms with van der Waals surface area (Å²) in [7, 11) is 0. The lowest BCUT2D eigenvalue weighted by molar-refractivity contribution is 0.432. The Labute approximate surface area is 140 Å². The fourth-order valence-electron chi connectivity index (χ4n) is 2.36. The summed E-state index contributed by atoms with van der Waals surface area (Å²) in [5.41, 5.74) is 3.53. The lowest BCUT2D eigenvalue weighted by Gasteiger charge is -1.99. The van der Waals surface area contributed by atoms with E-state index >= 15 is 0 Å². The maximum absolute atomic E-state index is 5.44. The maximum Gasteiger partial charge on any atom is 0.262 e. The van der Waals surface area contributed by atoms with Gasteiger partial charge in [-0.3, -0.25) is 5.10 Å². The van der Waals surface area contributed by atoms with Crippen LogP contribution in [0.2, 0.25) is 0 Å². The molecule has 0 saturated carbocycles. The van der Waals surface area contributed by atoms with E-state index in [-0.39, 0.29) is 0 Å². The van der Waals surface area contributed by atoms with Crippen LogP contribution in [-0.4, -0.2) is 20.3 Å². The zero-order valence-corrected chi connectivity index (χ0v) is 13.5. The first-order valence-corrected chi connectivity index (χ1v) is 7.80. The van der Waals surface area contributed by atoms with E-state index in [1.165, 1.54) is 0 Å². The number of rotatable bonds is 3. The van der Waals surface area contributed by atoms with Gasteiger partial charge in [0.2, 0.25) is 5.82 Å². The molecular weight excluding hydrogens is 356 g/mol. The van der Waals surface area contributed by atoms with E-state index in [2.05, 4.69) is 36.3 Å². The highest BCUT2D eigenvalue weighted by Crippen LogP contribution is 2.31. The van der Waals surface area contributed by atoms with Gasteiger partial charge in [0, 0.05) is 15.6 Å². The Bertz CT molecular complexity index is 946. The van der Waals surface area contributed by atoms with Crippen LogP contribution >= 0.6 is 15.9 Å². The number of aromatic amines is 1. The summed E-state index contributed by atoms with van der Waals surface area (Å²) in [5, 5.41) is 11.2. The number of nitrogens with one attached hydrogen (secondary N) is 1. The molecule has 0 unspecified atom stereocenters. The topological polar surface area (TPSA) is 67.6 Å². The summed E-state index contributed by atoms with van der Waals surface area (Å²) in [5.74, 6) is 0.969. The zero-order valence-electron chi connectivity index (χ0n) is 11.9. The van der Waals surface area contributed by atoms with Crippen LogP contribution in [0.25, 0.3) is 34.1 Å². The standard InChI is InChI=1S/C17H11BrN4O/c18-14-9-5-4-8-12(14)16-20-17(23-22-16)13-10-19-21-15(13)11-6-2-1-3-7-11/h1-10H,(H,19,21). The highest BCUT2D eigenvalue weighted by Gasteiger charge is 2.17. The van der Waals surface area contributed by atoms with Crippen molar-refractivity contribution >= 4 is 15.9 Å². The number of halogens is 1. The molecule has 0 aliphatic carbocycles. The van der Waals surface area contributed by atoms with Crippen molar-refractivity contribution in [2.24, 2.45) is 0 Å². The molecule has 0 radical (unpaired) electrons. The Morgan fingerprint density at radius 1 is 0.913 bits per heavy atom. The molecule has 0 fully saturated rings. The molecule has 2 heterocycles. The molecule has 0 bridgehead atoms. The zero-order chi connectivity index (χ0) is 15.6. The van der Waals surface area contributed by atoms with E-state index in [4.69, 9.17) is 4.52 Å². The summed E-state index contributed by atoms with van der Waals surface area (Å²) in [6, 6.07) is 17.7. The molecule has 4 rings (SSSR count). The van der Waals surface area contributed by atoms with Gasteiger partial charge in [-0.1, -0.05) is 63.6 Å². The van der Waals surface area contributed by atoms with Crippen molar-refractivity contribution in [2.75, 3.05) is 0 Å². The predicted molar refractivity (Wildman–Crippen MR) is 90.5 cm³/mol. The van der Waals surface area contributed by atoms with Crippen molar-refractivity contribution < 1.29 is 4.52 Å². The average molecular weight is 367 g/mol. The molecule has 1 N–H and O–H groups in total. The predicted octanol–water partition coefficient (Wildman–Crippen LogP) is 4.56.